The molecule has 2 aromatic rings. The number of benzene rings is 1. The van der Waals surface area contributed by atoms with Crippen molar-refractivity contribution in [3.8, 4) is 0 Å². The van der Waals surface area contributed by atoms with Gasteiger partial charge in [-0.3, -0.25) is 0 Å². The quantitative estimate of drug-likeness (QED) is 0.922. The number of halogens is 2. The molecule has 1 fully saturated rings. The summed E-state index contributed by atoms with van der Waals surface area (Å²) in [7, 11) is 0. The standard InChI is InChI=1S/C13H15ClFN3O/c1-7-8(2-3-19-7)6-18-12-5-10(15)9(14)4-11(12)17-13(18)16/h4-5,7-8H,2-3,6H2,1H3,(H2,16,17). The van der Waals surface area contributed by atoms with Crippen molar-refractivity contribution in [3.05, 3.63) is 23.0 Å². The van der Waals surface area contributed by atoms with E-state index in [0.717, 1.165) is 13.0 Å². The minimum absolute atomic E-state index is 0.0646. The van der Waals surface area contributed by atoms with Crippen molar-refractivity contribution in [1.82, 2.24) is 9.55 Å². The second-order valence-corrected chi connectivity index (χ2v) is 5.37. The third kappa shape index (κ3) is 2.17. The molecule has 2 N–H and O–H groups in total. The second-order valence-electron chi connectivity index (χ2n) is 4.96. The SMILES string of the molecule is CC1OCCC1Cn1c(N)nc2cc(Cl)c(F)cc21. The van der Waals surface area contributed by atoms with Crippen LogP contribution in [0.1, 0.15) is 13.3 Å². The zero-order valence-electron chi connectivity index (χ0n) is 10.6. The highest BCUT2D eigenvalue weighted by molar-refractivity contribution is 6.31. The van der Waals surface area contributed by atoms with E-state index in [-0.39, 0.29) is 11.1 Å². The highest BCUT2D eigenvalue weighted by Gasteiger charge is 2.26. The molecular weight excluding hydrogens is 269 g/mol. The average molecular weight is 284 g/mol. The van der Waals surface area contributed by atoms with Gasteiger partial charge in [0.05, 0.1) is 22.2 Å². The van der Waals surface area contributed by atoms with E-state index in [1.807, 2.05) is 11.5 Å². The van der Waals surface area contributed by atoms with Crippen LogP contribution >= 0.6 is 11.6 Å². The summed E-state index contributed by atoms with van der Waals surface area (Å²) in [5.41, 5.74) is 7.22. The topological polar surface area (TPSA) is 53.1 Å². The molecule has 0 amide bonds. The predicted octanol–water partition coefficient (Wildman–Crippen LogP) is 2.84. The Hall–Kier alpha value is -1.33. The van der Waals surface area contributed by atoms with E-state index >= 15 is 0 Å². The van der Waals surface area contributed by atoms with Crippen molar-refractivity contribution in [3.63, 3.8) is 0 Å². The van der Waals surface area contributed by atoms with Crippen LogP contribution in [0, 0.1) is 11.7 Å². The molecule has 0 radical (unpaired) electrons. The van der Waals surface area contributed by atoms with Gasteiger partial charge in [-0.1, -0.05) is 11.6 Å². The van der Waals surface area contributed by atoms with Crippen molar-refractivity contribution in [2.24, 2.45) is 5.92 Å². The molecule has 6 heteroatoms. The van der Waals surface area contributed by atoms with Gasteiger partial charge in [-0.25, -0.2) is 9.37 Å². The van der Waals surface area contributed by atoms with Crippen LogP contribution in [0.4, 0.5) is 10.3 Å². The summed E-state index contributed by atoms with van der Waals surface area (Å²) < 4.78 is 21.0. The number of fused-ring (bicyclic) bond motifs is 1. The summed E-state index contributed by atoms with van der Waals surface area (Å²) in [5, 5.41) is 0.0646. The van der Waals surface area contributed by atoms with Gasteiger partial charge in [-0.05, 0) is 19.4 Å². The van der Waals surface area contributed by atoms with Crippen LogP contribution in [-0.2, 0) is 11.3 Å². The Morgan fingerprint density at radius 3 is 3.05 bits per heavy atom. The summed E-state index contributed by atoms with van der Waals surface area (Å²) in [6.07, 6.45) is 1.17. The third-order valence-corrected chi connectivity index (χ3v) is 4.06. The molecule has 2 unspecified atom stereocenters. The number of hydrogen-bond donors (Lipinski definition) is 1. The zero-order chi connectivity index (χ0) is 13.6. The molecule has 2 heterocycles. The number of nitrogens with zero attached hydrogens (tertiary/aromatic N) is 2. The third-order valence-electron chi connectivity index (χ3n) is 3.77. The smallest absolute Gasteiger partial charge is 0.201 e. The fourth-order valence-corrected chi connectivity index (χ4v) is 2.74. The molecule has 3 rings (SSSR count). The minimum atomic E-state index is -0.453. The van der Waals surface area contributed by atoms with E-state index in [2.05, 4.69) is 4.98 Å². The molecule has 0 saturated carbocycles. The summed E-state index contributed by atoms with van der Waals surface area (Å²) in [5.74, 6) is 0.306. The van der Waals surface area contributed by atoms with Crippen LogP contribution in [0.3, 0.4) is 0 Å². The fourth-order valence-electron chi connectivity index (χ4n) is 2.58. The lowest BCUT2D eigenvalue weighted by atomic mass is 10.0. The van der Waals surface area contributed by atoms with Crippen molar-refractivity contribution >= 4 is 28.6 Å². The number of hydrogen-bond acceptors (Lipinski definition) is 3. The molecule has 19 heavy (non-hydrogen) atoms. The van der Waals surface area contributed by atoms with Crippen molar-refractivity contribution < 1.29 is 9.13 Å². The number of anilines is 1. The number of ether oxygens (including phenoxy) is 1. The summed E-state index contributed by atoms with van der Waals surface area (Å²) >= 11 is 5.76. The first-order valence-corrected chi connectivity index (χ1v) is 6.66. The number of aromatic nitrogens is 2. The molecule has 1 saturated heterocycles. The number of imidazole rings is 1. The lowest BCUT2D eigenvalue weighted by Crippen LogP contribution is -2.19. The number of nitrogen functional groups attached to an aromatic ring is 1. The highest BCUT2D eigenvalue weighted by atomic mass is 35.5. The molecule has 0 bridgehead atoms. The Morgan fingerprint density at radius 1 is 1.58 bits per heavy atom. The van der Waals surface area contributed by atoms with Gasteiger partial charge in [0.15, 0.2) is 0 Å². The van der Waals surface area contributed by atoms with E-state index in [9.17, 15) is 4.39 Å². The van der Waals surface area contributed by atoms with Gasteiger partial charge in [0.1, 0.15) is 5.82 Å². The van der Waals surface area contributed by atoms with E-state index in [1.54, 1.807) is 0 Å². The van der Waals surface area contributed by atoms with Gasteiger partial charge in [-0.15, -0.1) is 0 Å². The van der Waals surface area contributed by atoms with Gasteiger partial charge < -0.3 is 15.0 Å². The molecule has 102 valence electrons. The molecular formula is C13H15ClFN3O. The van der Waals surface area contributed by atoms with Gasteiger partial charge in [0, 0.05) is 25.1 Å². The van der Waals surface area contributed by atoms with Gasteiger partial charge >= 0.3 is 0 Å². The van der Waals surface area contributed by atoms with Crippen LogP contribution in [0.15, 0.2) is 12.1 Å². The van der Waals surface area contributed by atoms with Gasteiger partial charge in [0.2, 0.25) is 5.95 Å². The maximum Gasteiger partial charge on any atom is 0.201 e. The first-order chi connectivity index (χ1) is 9.06. The molecule has 4 nitrogen and oxygen atoms in total. The highest BCUT2D eigenvalue weighted by Crippen LogP contribution is 2.28. The summed E-state index contributed by atoms with van der Waals surface area (Å²) in [6, 6.07) is 2.90. The van der Waals surface area contributed by atoms with Crippen LogP contribution in [0.2, 0.25) is 5.02 Å². The Morgan fingerprint density at radius 2 is 2.37 bits per heavy atom. The zero-order valence-corrected chi connectivity index (χ0v) is 11.3. The molecule has 1 aromatic carbocycles. The van der Waals surface area contributed by atoms with Crippen LogP contribution in [0.5, 0.6) is 0 Å². The normalized spacial score (nSPS) is 23.3. The largest absolute Gasteiger partial charge is 0.378 e. The van der Waals surface area contributed by atoms with Crippen molar-refractivity contribution in [2.45, 2.75) is 26.0 Å². The molecule has 1 aromatic heterocycles. The number of rotatable bonds is 2. The summed E-state index contributed by atoms with van der Waals surface area (Å²) in [6.45, 7) is 3.49. The predicted molar refractivity (Wildman–Crippen MR) is 72.6 cm³/mol. The molecule has 1 aliphatic heterocycles. The van der Waals surface area contributed by atoms with Crippen LogP contribution in [-0.4, -0.2) is 22.3 Å². The second kappa shape index (κ2) is 4.65. The molecule has 0 aliphatic carbocycles. The van der Waals surface area contributed by atoms with E-state index in [1.165, 1.54) is 12.1 Å². The monoisotopic (exact) mass is 283 g/mol. The maximum absolute atomic E-state index is 13.6. The number of nitrogens with two attached hydrogens (primary N) is 1. The molecule has 0 spiro atoms. The summed E-state index contributed by atoms with van der Waals surface area (Å²) in [4.78, 5) is 4.23. The lowest BCUT2D eigenvalue weighted by molar-refractivity contribution is 0.102. The Labute approximate surface area is 115 Å². The maximum atomic E-state index is 13.6. The van der Waals surface area contributed by atoms with Gasteiger partial charge in [0.25, 0.3) is 0 Å². The average Bonchev–Trinajstić information content (AvgIpc) is 2.88. The minimum Gasteiger partial charge on any atom is -0.378 e. The Bertz CT molecular complexity index is 628. The Kier molecular flexibility index (Phi) is 3.11. The van der Waals surface area contributed by atoms with E-state index in [4.69, 9.17) is 22.1 Å². The molecule has 1 aliphatic rings. The van der Waals surface area contributed by atoms with Crippen molar-refractivity contribution in [2.75, 3.05) is 12.3 Å². The molecule has 2 atom stereocenters. The first kappa shape index (κ1) is 12.7. The van der Waals surface area contributed by atoms with E-state index in [0.29, 0.717) is 29.4 Å². The van der Waals surface area contributed by atoms with E-state index < -0.39 is 5.82 Å². The van der Waals surface area contributed by atoms with Crippen molar-refractivity contribution in [1.29, 1.82) is 0 Å². The Balaban J connectivity index is 2.02. The lowest BCUT2D eigenvalue weighted by Gasteiger charge is -2.16. The first-order valence-electron chi connectivity index (χ1n) is 6.28. The fraction of sp³-hybridized carbons (Fsp3) is 0.462. The van der Waals surface area contributed by atoms with Crippen LogP contribution in [0.25, 0.3) is 11.0 Å². The van der Waals surface area contributed by atoms with Crippen LogP contribution < -0.4 is 5.73 Å². The van der Waals surface area contributed by atoms with Gasteiger partial charge in [-0.2, -0.15) is 0 Å².